The molecule has 0 aliphatic rings. The van der Waals surface area contributed by atoms with Gasteiger partial charge in [0, 0.05) is 7.11 Å². The first-order chi connectivity index (χ1) is 7.72. The van der Waals surface area contributed by atoms with E-state index in [0.717, 1.165) is 11.3 Å². The molecule has 0 spiro atoms. The quantitative estimate of drug-likeness (QED) is 0.809. The van der Waals surface area contributed by atoms with E-state index in [9.17, 15) is 4.39 Å². The maximum absolute atomic E-state index is 12.5. The SMILES string of the molecule is CCOc1ccc(C(OC)C(N)CF)cc1. The summed E-state index contributed by atoms with van der Waals surface area (Å²) in [5.41, 5.74) is 6.48. The summed E-state index contributed by atoms with van der Waals surface area (Å²) in [5.74, 6) is 0.787. The van der Waals surface area contributed by atoms with Gasteiger partial charge in [-0.05, 0) is 24.6 Å². The minimum absolute atomic E-state index is 0.416. The predicted octanol–water partition coefficient (Wildman–Crippen LogP) is 2.07. The van der Waals surface area contributed by atoms with Crippen LogP contribution < -0.4 is 10.5 Å². The lowest BCUT2D eigenvalue weighted by Crippen LogP contribution is -2.31. The number of nitrogens with two attached hydrogens (primary N) is 1. The summed E-state index contributed by atoms with van der Waals surface area (Å²) >= 11 is 0. The summed E-state index contributed by atoms with van der Waals surface area (Å²) in [6, 6.07) is 6.71. The second kappa shape index (κ2) is 6.45. The second-order valence-electron chi connectivity index (χ2n) is 3.48. The Balaban J connectivity index is 2.78. The lowest BCUT2D eigenvalue weighted by Gasteiger charge is -2.20. The summed E-state index contributed by atoms with van der Waals surface area (Å²) in [5, 5.41) is 0. The molecule has 0 aliphatic heterocycles. The number of rotatable bonds is 6. The van der Waals surface area contributed by atoms with E-state index in [1.807, 2.05) is 31.2 Å². The Bertz CT molecular complexity index is 302. The van der Waals surface area contributed by atoms with Crippen molar-refractivity contribution in [2.45, 2.75) is 19.1 Å². The van der Waals surface area contributed by atoms with Gasteiger partial charge in [-0.3, -0.25) is 0 Å². The summed E-state index contributed by atoms with van der Waals surface area (Å²) < 4.78 is 23.0. The highest BCUT2D eigenvalue weighted by Gasteiger charge is 2.19. The molecule has 0 aromatic heterocycles. The van der Waals surface area contributed by atoms with Crippen molar-refractivity contribution in [3.05, 3.63) is 29.8 Å². The van der Waals surface area contributed by atoms with Crippen LogP contribution in [0.2, 0.25) is 0 Å². The summed E-state index contributed by atoms with van der Waals surface area (Å²) in [6.45, 7) is 1.94. The molecule has 16 heavy (non-hydrogen) atoms. The first kappa shape index (κ1) is 12.9. The van der Waals surface area contributed by atoms with Crippen LogP contribution in [-0.2, 0) is 4.74 Å². The van der Waals surface area contributed by atoms with E-state index in [-0.39, 0.29) is 0 Å². The third-order valence-corrected chi connectivity index (χ3v) is 2.34. The second-order valence-corrected chi connectivity index (χ2v) is 3.48. The van der Waals surface area contributed by atoms with E-state index in [1.54, 1.807) is 0 Å². The van der Waals surface area contributed by atoms with Gasteiger partial charge in [-0.2, -0.15) is 0 Å². The molecule has 1 rings (SSSR count). The predicted molar refractivity (Wildman–Crippen MR) is 61.3 cm³/mol. The van der Waals surface area contributed by atoms with Crippen molar-refractivity contribution in [3.8, 4) is 5.75 Å². The van der Waals surface area contributed by atoms with Crippen LogP contribution in [0.4, 0.5) is 4.39 Å². The zero-order valence-electron chi connectivity index (χ0n) is 9.65. The highest BCUT2D eigenvalue weighted by Crippen LogP contribution is 2.22. The molecule has 0 saturated heterocycles. The van der Waals surface area contributed by atoms with Crippen LogP contribution >= 0.6 is 0 Å². The van der Waals surface area contributed by atoms with Crippen LogP contribution in [0.3, 0.4) is 0 Å². The number of halogens is 1. The molecule has 3 nitrogen and oxygen atoms in total. The zero-order valence-corrected chi connectivity index (χ0v) is 9.65. The van der Waals surface area contributed by atoms with Crippen LogP contribution in [0.5, 0.6) is 5.75 Å². The van der Waals surface area contributed by atoms with Gasteiger partial charge in [0.25, 0.3) is 0 Å². The fraction of sp³-hybridized carbons (Fsp3) is 0.500. The van der Waals surface area contributed by atoms with Gasteiger partial charge in [-0.15, -0.1) is 0 Å². The molecule has 2 unspecified atom stereocenters. The number of methoxy groups -OCH3 is 1. The van der Waals surface area contributed by atoms with Crippen molar-refractivity contribution in [3.63, 3.8) is 0 Å². The maximum atomic E-state index is 12.5. The van der Waals surface area contributed by atoms with Crippen molar-refractivity contribution in [2.24, 2.45) is 5.73 Å². The standard InChI is InChI=1S/C12H18FNO2/c1-3-16-10-6-4-9(5-7-10)12(15-2)11(14)8-13/h4-7,11-12H,3,8,14H2,1-2H3. The van der Waals surface area contributed by atoms with E-state index in [1.165, 1.54) is 7.11 Å². The van der Waals surface area contributed by atoms with Gasteiger partial charge < -0.3 is 15.2 Å². The molecule has 0 fully saturated rings. The van der Waals surface area contributed by atoms with Gasteiger partial charge in [-0.1, -0.05) is 12.1 Å². The average Bonchev–Trinajstić information content (AvgIpc) is 2.32. The summed E-state index contributed by atoms with van der Waals surface area (Å²) in [4.78, 5) is 0. The average molecular weight is 227 g/mol. The Kier molecular flexibility index (Phi) is 5.22. The Hall–Kier alpha value is -1.13. The van der Waals surface area contributed by atoms with Crippen LogP contribution in [0, 0.1) is 0 Å². The van der Waals surface area contributed by atoms with Crippen molar-refractivity contribution >= 4 is 0 Å². The van der Waals surface area contributed by atoms with Crippen molar-refractivity contribution in [1.82, 2.24) is 0 Å². The number of hydrogen-bond donors (Lipinski definition) is 1. The lowest BCUT2D eigenvalue weighted by atomic mass is 10.0. The molecule has 0 bridgehead atoms. The Labute approximate surface area is 95.4 Å². The number of hydrogen-bond acceptors (Lipinski definition) is 3. The van der Waals surface area contributed by atoms with Crippen molar-refractivity contribution < 1.29 is 13.9 Å². The Morgan fingerprint density at radius 3 is 2.38 bits per heavy atom. The van der Waals surface area contributed by atoms with Gasteiger partial charge in [0.15, 0.2) is 0 Å². The molecule has 0 amide bonds. The summed E-state index contributed by atoms with van der Waals surface area (Å²) in [6.07, 6.45) is -0.416. The molecule has 2 N–H and O–H groups in total. The van der Waals surface area contributed by atoms with Crippen LogP contribution in [0.1, 0.15) is 18.6 Å². The Morgan fingerprint density at radius 1 is 1.31 bits per heavy atom. The first-order valence-corrected chi connectivity index (χ1v) is 5.30. The van der Waals surface area contributed by atoms with Gasteiger partial charge in [0.2, 0.25) is 0 Å². The van der Waals surface area contributed by atoms with Gasteiger partial charge in [-0.25, -0.2) is 4.39 Å². The van der Waals surface area contributed by atoms with Crippen molar-refractivity contribution in [2.75, 3.05) is 20.4 Å². The normalized spacial score (nSPS) is 14.5. The minimum Gasteiger partial charge on any atom is -0.494 e. The van der Waals surface area contributed by atoms with E-state index in [2.05, 4.69) is 0 Å². The lowest BCUT2D eigenvalue weighted by molar-refractivity contribution is 0.0720. The fourth-order valence-electron chi connectivity index (χ4n) is 1.56. The number of ether oxygens (including phenoxy) is 2. The molecule has 1 aromatic carbocycles. The fourth-order valence-corrected chi connectivity index (χ4v) is 1.56. The topological polar surface area (TPSA) is 44.5 Å². The monoisotopic (exact) mass is 227 g/mol. The van der Waals surface area contributed by atoms with Gasteiger partial charge in [0.05, 0.1) is 18.8 Å². The van der Waals surface area contributed by atoms with Crippen LogP contribution in [0.25, 0.3) is 0 Å². The molecular formula is C12H18FNO2. The highest BCUT2D eigenvalue weighted by molar-refractivity contribution is 5.29. The molecule has 0 heterocycles. The smallest absolute Gasteiger partial charge is 0.119 e. The number of benzene rings is 1. The van der Waals surface area contributed by atoms with Crippen LogP contribution in [-0.4, -0.2) is 26.4 Å². The molecule has 0 radical (unpaired) electrons. The van der Waals surface area contributed by atoms with Crippen LogP contribution in [0.15, 0.2) is 24.3 Å². The third-order valence-electron chi connectivity index (χ3n) is 2.34. The molecule has 1 aromatic rings. The third kappa shape index (κ3) is 3.18. The molecule has 4 heteroatoms. The van der Waals surface area contributed by atoms with E-state index in [4.69, 9.17) is 15.2 Å². The highest BCUT2D eigenvalue weighted by atomic mass is 19.1. The molecular weight excluding hydrogens is 209 g/mol. The molecule has 0 saturated carbocycles. The molecule has 2 atom stereocenters. The van der Waals surface area contributed by atoms with E-state index in [0.29, 0.717) is 6.61 Å². The molecule has 0 aliphatic carbocycles. The van der Waals surface area contributed by atoms with E-state index >= 15 is 0 Å². The first-order valence-electron chi connectivity index (χ1n) is 5.30. The largest absolute Gasteiger partial charge is 0.494 e. The van der Waals surface area contributed by atoms with E-state index < -0.39 is 18.8 Å². The number of alkyl halides is 1. The summed E-state index contributed by atoms with van der Waals surface area (Å²) in [7, 11) is 1.52. The van der Waals surface area contributed by atoms with Gasteiger partial charge >= 0.3 is 0 Å². The molecule has 90 valence electrons. The minimum atomic E-state index is -0.636. The van der Waals surface area contributed by atoms with Crippen molar-refractivity contribution in [1.29, 1.82) is 0 Å². The van der Waals surface area contributed by atoms with Gasteiger partial charge in [0.1, 0.15) is 12.4 Å². The zero-order chi connectivity index (χ0) is 12.0. The maximum Gasteiger partial charge on any atom is 0.119 e. The Morgan fingerprint density at radius 2 is 1.94 bits per heavy atom.